The molecule has 7 heteroatoms. The fraction of sp³-hybridized carbons (Fsp3) is 0.214. The highest BCUT2D eigenvalue weighted by atomic mass is 16.5. The first-order valence-corrected chi connectivity index (χ1v) is 11.1. The second kappa shape index (κ2) is 10.8. The number of anilines is 2. The summed E-state index contributed by atoms with van der Waals surface area (Å²) in [6.07, 6.45) is 0. The average Bonchev–Trinajstić information content (AvgIpc) is 2.86. The number of ketones is 1. The molecule has 0 saturated carbocycles. The van der Waals surface area contributed by atoms with Gasteiger partial charge < -0.3 is 15.0 Å². The summed E-state index contributed by atoms with van der Waals surface area (Å²) >= 11 is 0. The molecule has 0 bridgehead atoms. The molecule has 0 heterocycles. The van der Waals surface area contributed by atoms with Crippen molar-refractivity contribution in [2.75, 3.05) is 23.9 Å². The molecule has 0 fully saturated rings. The van der Waals surface area contributed by atoms with Crippen LogP contribution in [-0.4, -0.2) is 37.2 Å². The predicted octanol–water partition coefficient (Wildman–Crippen LogP) is 4.99. The lowest BCUT2D eigenvalue weighted by atomic mass is 9.95. The fourth-order valence-electron chi connectivity index (χ4n) is 3.15. The van der Waals surface area contributed by atoms with Crippen molar-refractivity contribution in [1.29, 1.82) is 0 Å². The topological polar surface area (TPSA) is 92.8 Å². The van der Waals surface area contributed by atoms with Crippen LogP contribution in [0.2, 0.25) is 0 Å². The van der Waals surface area contributed by atoms with Crippen LogP contribution in [0.25, 0.3) is 0 Å². The first-order valence-electron chi connectivity index (χ1n) is 11.1. The number of Topliss-reactive ketones (excluding diaryl/α,β-unsaturated/α-hetero) is 1. The van der Waals surface area contributed by atoms with Crippen molar-refractivity contribution < 1.29 is 23.9 Å². The van der Waals surface area contributed by atoms with E-state index in [2.05, 4.69) is 5.32 Å². The molecule has 0 atom stereocenters. The normalized spacial score (nSPS) is 10.9. The SMILES string of the molecule is CN(C(=O)c1ccccc1C(=O)OCC(=O)c1ccc(NC(=O)C(C)(C)C)cc1)c1ccccc1. The molecule has 0 aliphatic rings. The zero-order valence-corrected chi connectivity index (χ0v) is 20.2. The Morgan fingerprint density at radius 1 is 0.800 bits per heavy atom. The van der Waals surface area contributed by atoms with E-state index in [0.717, 1.165) is 0 Å². The monoisotopic (exact) mass is 472 g/mol. The van der Waals surface area contributed by atoms with E-state index < -0.39 is 23.8 Å². The Morgan fingerprint density at radius 2 is 1.37 bits per heavy atom. The minimum atomic E-state index is -0.766. The van der Waals surface area contributed by atoms with Crippen molar-refractivity contribution in [2.45, 2.75) is 20.8 Å². The van der Waals surface area contributed by atoms with Crippen molar-refractivity contribution in [3.05, 3.63) is 95.6 Å². The molecule has 0 aliphatic heterocycles. The summed E-state index contributed by atoms with van der Waals surface area (Å²) in [6, 6.07) is 21.7. The van der Waals surface area contributed by atoms with Crippen molar-refractivity contribution in [3.63, 3.8) is 0 Å². The third-order valence-corrected chi connectivity index (χ3v) is 5.31. The van der Waals surface area contributed by atoms with E-state index in [-0.39, 0.29) is 22.9 Å². The van der Waals surface area contributed by atoms with Crippen LogP contribution < -0.4 is 10.2 Å². The summed E-state index contributed by atoms with van der Waals surface area (Å²) in [5.41, 5.74) is 1.28. The number of para-hydroxylation sites is 1. The van der Waals surface area contributed by atoms with Gasteiger partial charge in [0.2, 0.25) is 5.91 Å². The van der Waals surface area contributed by atoms with Gasteiger partial charge in [-0.3, -0.25) is 14.4 Å². The summed E-state index contributed by atoms with van der Waals surface area (Å²) < 4.78 is 5.23. The molecule has 0 unspecified atom stereocenters. The maximum Gasteiger partial charge on any atom is 0.339 e. The number of carbonyl (C=O) groups excluding carboxylic acids is 4. The smallest absolute Gasteiger partial charge is 0.339 e. The number of nitrogens with one attached hydrogen (secondary N) is 1. The lowest BCUT2D eigenvalue weighted by Crippen LogP contribution is -2.28. The van der Waals surface area contributed by atoms with Crippen LogP contribution in [-0.2, 0) is 9.53 Å². The first-order chi connectivity index (χ1) is 16.6. The average molecular weight is 473 g/mol. The van der Waals surface area contributed by atoms with Crippen LogP contribution in [0.1, 0.15) is 51.8 Å². The van der Waals surface area contributed by atoms with E-state index in [4.69, 9.17) is 4.74 Å². The number of esters is 1. The number of amides is 2. The maximum atomic E-state index is 13.0. The molecule has 2 amide bonds. The van der Waals surface area contributed by atoms with Gasteiger partial charge in [0, 0.05) is 29.4 Å². The van der Waals surface area contributed by atoms with E-state index in [0.29, 0.717) is 16.9 Å². The van der Waals surface area contributed by atoms with Gasteiger partial charge >= 0.3 is 5.97 Å². The van der Waals surface area contributed by atoms with E-state index in [9.17, 15) is 19.2 Å². The van der Waals surface area contributed by atoms with Crippen LogP contribution in [0.4, 0.5) is 11.4 Å². The molecule has 0 radical (unpaired) electrons. The van der Waals surface area contributed by atoms with Crippen LogP contribution >= 0.6 is 0 Å². The zero-order valence-electron chi connectivity index (χ0n) is 20.2. The maximum absolute atomic E-state index is 13.0. The van der Waals surface area contributed by atoms with Crippen molar-refractivity contribution in [3.8, 4) is 0 Å². The van der Waals surface area contributed by atoms with E-state index in [1.807, 2.05) is 18.2 Å². The van der Waals surface area contributed by atoms with Crippen molar-refractivity contribution in [1.82, 2.24) is 0 Å². The molecule has 3 aromatic rings. The van der Waals surface area contributed by atoms with E-state index in [1.165, 1.54) is 11.0 Å². The quantitative estimate of drug-likeness (QED) is 0.386. The lowest BCUT2D eigenvalue weighted by molar-refractivity contribution is -0.123. The molecule has 3 rings (SSSR count). The van der Waals surface area contributed by atoms with Crippen LogP contribution in [0.3, 0.4) is 0 Å². The third-order valence-electron chi connectivity index (χ3n) is 5.31. The Kier molecular flexibility index (Phi) is 7.81. The van der Waals surface area contributed by atoms with Crippen LogP contribution in [0.15, 0.2) is 78.9 Å². The molecular formula is C28H28N2O5. The molecule has 1 N–H and O–H groups in total. The molecule has 7 nitrogen and oxygen atoms in total. The van der Waals surface area contributed by atoms with E-state index in [1.54, 1.807) is 82.4 Å². The van der Waals surface area contributed by atoms with Gasteiger partial charge in [-0.1, -0.05) is 51.1 Å². The Labute approximate surface area is 204 Å². The summed E-state index contributed by atoms with van der Waals surface area (Å²) in [7, 11) is 1.62. The Bertz CT molecular complexity index is 1230. The number of hydrogen-bond donors (Lipinski definition) is 1. The highest BCUT2D eigenvalue weighted by molar-refractivity contribution is 6.12. The number of benzene rings is 3. The molecule has 0 saturated heterocycles. The van der Waals surface area contributed by atoms with Gasteiger partial charge in [0.05, 0.1) is 11.1 Å². The Balaban J connectivity index is 1.65. The fourth-order valence-corrected chi connectivity index (χ4v) is 3.15. The first kappa shape index (κ1) is 25.4. The summed E-state index contributed by atoms with van der Waals surface area (Å²) in [6.45, 7) is 4.93. The van der Waals surface area contributed by atoms with Gasteiger partial charge in [-0.15, -0.1) is 0 Å². The summed E-state index contributed by atoms with van der Waals surface area (Å²) in [5.74, 6) is -1.69. The molecule has 3 aromatic carbocycles. The number of carbonyl (C=O) groups is 4. The Morgan fingerprint density at radius 3 is 1.97 bits per heavy atom. The highest BCUT2D eigenvalue weighted by Gasteiger charge is 2.23. The largest absolute Gasteiger partial charge is 0.454 e. The standard InChI is InChI=1S/C28H28N2O5/c1-28(2,3)27(34)29-20-16-14-19(15-17-20)24(31)18-35-26(33)23-13-9-8-12-22(23)25(32)30(4)21-10-6-5-7-11-21/h5-17H,18H2,1-4H3,(H,29,34). The van der Waals surface area contributed by atoms with Gasteiger partial charge in [0.15, 0.2) is 12.4 Å². The van der Waals surface area contributed by atoms with Crippen molar-refractivity contribution in [2.24, 2.45) is 5.41 Å². The molecule has 180 valence electrons. The number of hydrogen-bond acceptors (Lipinski definition) is 5. The summed E-state index contributed by atoms with van der Waals surface area (Å²) in [4.78, 5) is 51.9. The number of nitrogens with zero attached hydrogens (tertiary/aromatic N) is 1. The molecule has 0 aliphatic carbocycles. The van der Waals surface area contributed by atoms with Gasteiger partial charge in [-0.25, -0.2) is 4.79 Å². The third kappa shape index (κ3) is 6.41. The summed E-state index contributed by atoms with van der Waals surface area (Å²) in [5, 5.41) is 2.79. The molecule has 35 heavy (non-hydrogen) atoms. The molecule has 0 aromatic heterocycles. The zero-order chi connectivity index (χ0) is 25.6. The second-order valence-corrected chi connectivity index (χ2v) is 9.03. The second-order valence-electron chi connectivity index (χ2n) is 9.03. The van der Waals surface area contributed by atoms with Crippen LogP contribution in [0, 0.1) is 5.41 Å². The Hall–Kier alpha value is -4.26. The number of ether oxygens (including phenoxy) is 1. The van der Waals surface area contributed by atoms with Gasteiger partial charge in [-0.2, -0.15) is 0 Å². The minimum Gasteiger partial charge on any atom is -0.454 e. The van der Waals surface area contributed by atoms with Gasteiger partial charge in [-0.05, 0) is 48.5 Å². The van der Waals surface area contributed by atoms with E-state index >= 15 is 0 Å². The van der Waals surface area contributed by atoms with Crippen LogP contribution in [0.5, 0.6) is 0 Å². The van der Waals surface area contributed by atoms with Crippen molar-refractivity contribution >= 4 is 34.9 Å². The predicted molar refractivity (Wildman–Crippen MR) is 135 cm³/mol. The van der Waals surface area contributed by atoms with Gasteiger partial charge in [0.25, 0.3) is 5.91 Å². The van der Waals surface area contributed by atoms with Gasteiger partial charge in [0.1, 0.15) is 0 Å². The minimum absolute atomic E-state index is 0.0771. The molecular weight excluding hydrogens is 444 g/mol. The number of rotatable bonds is 7. The lowest BCUT2D eigenvalue weighted by Gasteiger charge is -2.18. The highest BCUT2D eigenvalue weighted by Crippen LogP contribution is 2.20. The molecule has 0 spiro atoms.